The van der Waals surface area contributed by atoms with Gasteiger partial charge < -0.3 is 9.15 Å². The number of aryl methyl sites for hydroxylation is 1. The second-order valence-corrected chi connectivity index (χ2v) is 8.39. The standard InChI is InChI=1S/C22H19N3O5S/c1-3-29-22(26)21-14(2)18-12-16(6-9-20(18)30-21)25-31(27,28)17-7-4-15(5-8-17)19-10-11-23-13-24-19/h4-13,25H,3H2,1-2H3. The van der Waals surface area contributed by atoms with E-state index in [1.807, 2.05) is 0 Å². The van der Waals surface area contributed by atoms with Crippen molar-refractivity contribution < 1.29 is 22.4 Å². The van der Waals surface area contributed by atoms with Crippen LogP contribution in [-0.2, 0) is 14.8 Å². The second-order valence-electron chi connectivity index (χ2n) is 6.71. The Hall–Kier alpha value is -3.72. The molecule has 4 rings (SSSR count). The van der Waals surface area contributed by atoms with E-state index in [-0.39, 0.29) is 17.3 Å². The summed E-state index contributed by atoms with van der Waals surface area (Å²) in [7, 11) is -3.82. The highest BCUT2D eigenvalue weighted by Crippen LogP contribution is 2.29. The van der Waals surface area contributed by atoms with E-state index in [0.29, 0.717) is 27.9 Å². The Balaban J connectivity index is 1.60. The Kier molecular flexibility index (Phi) is 5.43. The van der Waals surface area contributed by atoms with Gasteiger partial charge in [-0.05, 0) is 50.2 Å². The number of benzene rings is 2. The van der Waals surface area contributed by atoms with Gasteiger partial charge in [0.1, 0.15) is 11.9 Å². The first kappa shape index (κ1) is 20.5. The minimum atomic E-state index is -3.82. The number of carbonyl (C=O) groups is 1. The molecular formula is C22H19N3O5S. The van der Waals surface area contributed by atoms with E-state index in [4.69, 9.17) is 9.15 Å². The molecule has 0 bridgehead atoms. The molecule has 0 aliphatic rings. The lowest BCUT2D eigenvalue weighted by molar-refractivity contribution is 0.0491. The van der Waals surface area contributed by atoms with E-state index in [0.717, 1.165) is 5.56 Å². The Bertz CT molecular complexity index is 1350. The minimum Gasteiger partial charge on any atom is -0.460 e. The van der Waals surface area contributed by atoms with Crippen LogP contribution < -0.4 is 4.72 Å². The van der Waals surface area contributed by atoms with Gasteiger partial charge in [-0.25, -0.2) is 23.2 Å². The lowest BCUT2D eigenvalue weighted by Crippen LogP contribution is -2.12. The molecule has 0 radical (unpaired) electrons. The fourth-order valence-corrected chi connectivity index (χ4v) is 4.21. The first-order valence-electron chi connectivity index (χ1n) is 9.48. The van der Waals surface area contributed by atoms with Crippen LogP contribution in [0.25, 0.3) is 22.2 Å². The number of anilines is 1. The molecule has 31 heavy (non-hydrogen) atoms. The zero-order chi connectivity index (χ0) is 22.0. The van der Waals surface area contributed by atoms with Gasteiger partial charge in [-0.2, -0.15) is 0 Å². The third kappa shape index (κ3) is 4.13. The van der Waals surface area contributed by atoms with Crippen molar-refractivity contribution in [3.05, 3.63) is 72.4 Å². The van der Waals surface area contributed by atoms with Gasteiger partial charge in [0.15, 0.2) is 0 Å². The molecule has 0 unspecified atom stereocenters. The smallest absolute Gasteiger partial charge is 0.374 e. The van der Waals surface area contributed by atoms with Gasteiger partial charge in [0, 0.05) is 28.4 Å². The summed E-state index contributed by atoms with van der Waals surface area (Å²) in [6.45, 7) is 3.67. The van der Waals surface area contributed by atoms with E-state index in [2.05, 4.69) is 14.7 Å². The van der Waals surface area contributed by atoms with Crippen molar-refractivity contribution >= 4 is 32.6 Å². The number of nitrogens with one attached hydrogen (secondary N) is 1. The molecule has 0 fully saturated rings. The van der Waals surface area contributed by atoms with Crippen LogP contribution in [0.2, 0.25) is 0 Å². The number of esters is 1. The molecule has 0 amide bonds. The summed E-state index contributed by atoms with van der Waals surface area (Å²) < 4.78 is 38.8. The first-order valence-corrected chi connectivity index (χ1v) is 11.0. The Morgan fingerprint density at radius 1 is 1.13 bits per heavy atom. The van der Waals surface area contributed by atoms with Crippen molar-refractivity contribution in [3.8, 4) is 11.3 Å². The number of sulfonamides is 1. The largest absolute Gasteiger partial charge is 0.460 e. The predicted molar refractivity (Wildman–Crippen MR) is 115 cm³/mol. The van der Waals surface area contributed by atoms with Crippen molar-refractivity contribution in [2.45, 2.75) is 18.7 Å². The monoisotopic (exact) mass is 437 g/mol. The molecule has 2 heterocycles. The molecule has 0 aliphatic carbocycles. The highest BCUT2D eigenvalue weighted by molar-refractivity contribution is 7.92. The zero-order valence-corrected chi connectivity index (χ0v) is 17.6. The van der Waals surface area contributed by atoms with E-state index >= 15 is 0 Å². The molecule has 0 saturated heterocycles. The second kappa shape index (κ2) is 8.19. The molecule has 9 heteroatoms. The van der Waals surface area contributed by atoms with Crippen LogP contribution in [-0.4, -0.2) is 31.0 Å². The maximum atomic E-state index is 12.8. The number of rotatable bonds is 6. The Morgan fingerprint density at radius 2 is 1.90 bits per heavy atom. The highest BCUT2D eigenvalue weighted by Gasteiger charge is 2.20. The third-order valence-corrected chi connectivity index (χ3v) is 6.09. The topological polar surface area (TPSA) is 111 Å². The number of hydrogen-bond acceptors (Lipinski definition) is 7. The molecule has 8 nitrogen and oxygen atoms in total. The molecule has 0 spiro atoms. The average molecular weight is 437 g/mol. The molecule has 4 aromatic rings. The number of nitrogens with zero attached hydrogens (tertiary/aromatic N) is 2. The molecule has 2 aromatic carbocycles. The Labute approximate surface area is 179 Å². The molecule has 2 aromatic heterocycles. The number of fused-ring (bicyclic) bond motifs is 1. The summed E-state index contributed by atoms with van der Waals surface area (Å²) in [5, 5.41) is 0.627. The first-order chi connectivity index (χ1) is 14.9. The number of furan rings is 1. The van der Waals surface area contributed by atoms with Gasteiger partial charge in [-0.15, -0.1) is 0 Å². The lowest BCUT2D eigenvalue weighted by Gasteiger charge is -2.09. The highest BCUT2D eigenvalue weighted by atomic mass is 32.2. The summed E-state index contributed by atoms with van der Waals surface area (Å²) in [4.78, 5) is 20.2. The quantitative estimate of drug-likeness (QED) is 0.451. The SMILES string of the molecule is CCOC(=O)c1oc2ccc(NS(=O)(=O)c3ccc(-c4ccncn4)cc3)cc2c1C. The molecule has 1 N–H and O–H groups in total. The van der Waals surface area contributed by atoms with Crippen molar-refractivity contribution in [1.29, 1.82) is 0 Å². The molecule has 158 valence electrons. The van der Waals surface area contributed by atoms with Crippen molar-refractivity contribution in [3.63, 3.8) is 0 Å². The van der Waals surface area contributed by atoms with Gasteiger partial charge in [-0.3, -0.25) is 4.72 Å². The predicted octanol–water partition coefficient (Wildman–Crippen LogP) is 4.18. The maximum absolute atomic E-state index is 12.8. The van der Waals surface area contributed by atoms with Crippen LogP contribution >= 0.6 is 0 Å². The van der Waals surface area contributed by atoms with Crippen molar-refractivity contribution in [1.82, 2.24) is 9.97 Å². The summed E-state index contributed by atoms with van der Waals surface area (Å²) in [6.07, 6.45) is 3.05. The number of hydrogen-bond donors (Lipinski definition) is 1. The normalized spacial score (nSPS) is 11.4. The lowest BCUT2D eigenvalue weighted by atomic mass is 10.1. The third-order valence-electron chi connectivity index (χ3n) is 4.69. The van der Waals surface area contributed by atoms with E-state index in [1.54, 1.807) is 56.4 Å². The summed E-state index contributed by atoms with van der Waals surface area (Å²) >= 11 is 0. The number of aromatic nitrogens is 2. The summed E-state index contributed by atoms with van der Waals surface area (Å²) in [5.74, 6) is -0.445. The molecule has 0 aliphatic heterocycles. The van der Waals surface area contributed by atoms with Gasteiger partial charge in [0.25, 0.3) is 10.0 Å². The Morgan fingerprint density at radius 3 is 2.58 bits per heavy atom. The van der Waals surface area contributed by atoms with Crippen LogP contribution in [0.3, 0.4) is 0 Å². The van der Waals surface area contributed by atoms with Crippen LogP contribution in [0, 0.1) is 6.92 Å². The van der Waals surface area contributed by atoms with Gasteiger partial charge >= 0.3 is 5.97 Å². The van der Waals surface area contributed by atoms with Crippen LogP contribution in [0.15, 0.2) is 70.4 Å². The van der Waals surface area contributed by atoms with E-state index in [1.165, 1.54) is 18.5 Å². The van der Waals surface area contributed by atoms with Crippen LogP contribution in [0.4, 0.5) is 5.69 Å². The minimum absolute atomic E-state index is 0.108. The van der Waals surface area contributed by atoms with Gasteiger partial charge in [0.2, 0.25) is 5.76 Å². The van der Waals surface area contributed by atoms with E-state index < -0.39 is 16.0 Å². The zero-order valence-electron chi connectivity index (χ0n) is 16.8. The van der Waals surface area contributed by atoms with Gasteiger partial charge in [0.05, 0.1) is 17.2 Å². The van der Waals surface area contributed by atoms with Crippen LogP contribution in [0.5, 0.6) is 0 Å². The average Bonchev–Trinajstić information content (AvgIpc) is 3.10. The maximum Gasteiger partial charge on any atom is 0.374 e. The molecule has 0 saturated carbocycles. The van der Waals surface area contributed by atoms with E-state index in [9.17, 15) is 13.2 Å². The molecule has 0 atom stereocenters. The van der Waals surface area contributed by atoms with Crippen molar-refractivity contribution in [2.24, 2.45) is 0 Å². The van der Waals surface area contributed by atoms with Crippen LogP contribution in [0.1, 0.15) is 23.0 Å². The molecular weight excluding hydrogens is 418 g/mol. The number of carbonyl (C=O) groups excluding carboxylic acids is 1. The summed E-state index contributed by atoms with van der Waals surface area (Å²) in [6, 6.07) is 13.0. The fraction of sp³-hybridized carbons (Fsp3) is 0.136. The number of ether oxygens (including phenoxy) is 1. The summed E-state index contributed by atoms with van der Waals surface area (Å²) in [5.41, 5.74) is 2.89. The fourth-order valence-electron chi connectivity index (χ4n) is 3.16. The van der Waals surface area contributed by atoms with Gasteiger partial charge in [-0.1, -0.05) is 12.1 Å². The van der Waals surface area contributed by atoms with Crippen molar-refractivity contribution in [2.75, 3.05) is 11.3 Å².